The van der Waals surface area contributed by atoms with Gasteiger partial charge in [0.25, 0.3) is 5.91 Å². The van der Waals surface area contributed by atoms with E-state index < -0.39 is 0 Å². The number of hydrogen-bond donors (Lipinski definition) is 3. The van der Waals surface area contributed by atoms with E-state index in [4.69, 9.17) is 0 Å². The van der Waals surface area contributed by atoms with E-state index >= 15 is 0 Å². The molecule has 0 aliphatic carbocycles. The van der Waals surface area contributed by atoms with Crippen molar-refractivity contribution in [3.8, 4) is 0 Å². The first-order chi connectivity index (χ1) is 15.2. The van der Waals surface area contributed by atoms with E-state index in [1.54, 1.807) is 6.07 Å². The predicted octanol–water partition coefficient (Wildman–Crippen LogP) is 5.83. The molecule has 2 aromatic carbocycles. The van der Waals surface area contributed by atoms with Crippen LogP contribution in [0.15, 0.2) is 42.5 Å². The Morgan fingerprint density at radius 2 is 1.50 bits per heavy atom. The number of carbonyl (C=O) groups is 2. The molecule has 0 atom stereocenters. The maximum atomic E-state index is 12.9. The molecule has 1 saturated heterocycles. The summed E-state index contributed by atoms with van der Waals surface area (Å²) in [6.07, 6.45) is 2.23. The van der Waals surface area contributed by atoms with Gasteiger partial charge >= 0.3 is 6.03 Å². The molecule has 2 aromatic rings. The fraction of sp³-hybridized carbons (Fsp3) is 0.462. The van der Waals surface area contributed by atoms with Crippen LogP contribution < -0.4 is 20.9 Å². The minimum absolute atomic E-state index is 0.0328. The van der Waals surface area contributed by atoms with Gasteiger partial charge in [-0.15, -0.1) is 0 Å². The normalized spacial score (nSPS) is 14.5. The van der Waals surface area contributed by atoms with Gasteiger partial charge in [-0.25, -0.2) is 4.79 Å². The van der Waals surface area contributed by atoms with Crippen molar-refractivity contribution in [1.82, 2.24) is 5.32 Å². The summed E-state index contributed by atoms with van der Waals surface area (Å²) in [5, 5.41) is 8.71. The summed E-state index contributed by atoms with van der Waals surface area (Å²) in [5.74, 6) is 1.02. The minimum Gasteiger partial charge on any atom is -0.371 e. The molecule has 172 valence electrons. The van der Waals surface area contributed by atoms with Crippen molar-refractivity contribution in [3.63, 3.8) is 0 Å². The van der Waals surface area contributed by atoms with Crippen molar-refractivity contribution >= 4 is 29.0 Å². The summed E-state index contributed by atoms with van der Waals surface area (Å²) in [6, 6.07) is 13.1. The van der Waals surface area contributed by atoms with Gasteiger partial charge in [-0.3, -0.25) is 4.79 Å². The zero-order valence-electron chi connectivity index (χ0n) is 19.9. The average Bonchev–Trinajstić information content (AvgIpc) is 2.74. The molecule has 3 rings (SSSR count). The lowest BCUT2D eigenvalue weighted by Gasteiger charge is -2.33. The zero-order chi connectivity index (χ0) is 23.3. The maximum Gasteiger partial charge on any atom is 0.323 e. The van der Waals surface area contributed by atoms with E-state index in [1.165, 1.54) is 5.56 Å². The number of benzene rings is 2. The largest absolute Gasteiger partial charge is 0.371 e. The van der Waals surface area contributed by atoms with Gasteiger partial charge in [0.1, 0.15) is 0 Å². The molecule has 0 unspecified atom stereocenters. The number of nitrogens with one attached hydrogen (secondary N) is 3. The summed E-state index contributed by atoms with van der Waals surface area (Å²) in [6.45, 7) is 12.3. The molecule has 0 aromatic heterocycles. The van der Waals surface area contributed by atoms with Gasteiger partial charge in [0.15, 0.2) is 0 Å². The van der Waals surface area contributed by atoms with Gasteiger partial charge in [0.2, 0.25) is 0 Å². The molecule has 0 radical (unpaired) electrons. The van der Waals surface area contributed by atoms with Crippen LogP contribution in [0, 0.1) is 5.92 Å². The standard InChI is InChI=1S/C26H36N4O2/c1-17(2)20-6-8-21(9-7-20)28-26(32)29-22-10-11-24(30-14-12-19(5)13-15-30)23(16-22)25(31)27-18(3)4/h6-11,16-19H,12-15H2,1-5H3,(H,27,31)(H2,28,29,32). The third-order valence-corrected chi connectivity index (χ3v) is 5.88. The van der Waals surface area contributed by atoms with Crippen LogP contribution in [0.4, 0.5) is 21.9 Å². The molecular formula is C26H36N4O2. The number of rotatable bonds is 6. The van der Waals surface area contributed by atoms with Crippen molar-refractivity contribution in [3.05, 3.63) is 53.6 Å². The SMILES string of the molecule is CC1CCN(c2ccc(NC(=O)Nc3ccc(C(C)C)cc3)cc2C(=O)NC(C)C)CC1. The molecule has 6 heteroatoms. The van der Waals surface area contributed by atoms with Crippen LogP contribution >= 0.6 is 0 Å². The van der Waals surface area contributed by atoms with Crippen LogP contribution in [0.25, 0.3) is 0 Å². The fourth-order valence-corrected chi connectivity index (χ4v) is 3.91. The van der Waals surface area contributed by atoms with Crippen molar-refractivity contribution < 1.29 is 9.59 Å². The Morgan fingerprint density at radius 1 is 0.906 bits per heavy atom. The van der Waals surface area contributed by atoms with Gasteiger partial charge in [-0.05, 0) is 74.4 Å². The molecule has 3 amide bonds. The Labute approximate surface area is 191 Å². The fourth-order valence-electron chi connectivity index (χ4n) is 3.91. The number of hydrogen-bond acceptors (Lipinski definition) is 3. The third-order valence-electron chi connectivity index (χ3n) is 5.88. The average molecular weight is 437 g/mol. The van der Waals surface area contributed by atoms with Gasteiger partial charge in [0, 0.05) is 36.2 Å². The molecule has 3 N–H and O–H groups in total. The first-order valence-electron chi connectivity index (χ1n) is 11.6. The summed E-state index contributed by atoms with van der Waals surface area (Å²) < 4.78 is 0. The zero-order valence-corrected chi connectivity index (χ0v) is 19.9. The van der Waals surface area contributed by atoms with Crippen molar-refractivity contribution in [2.75, 3.05) is 28.6 Å². The van der Waals surface area contributed by atoms with Crippen LogP contribution in [0.5, 0.6) is 0 Å². The van der Waals surface area contributed by atoms with E-state index in [-0.39, 0.29) is 18.0 Å². The molecule has 1 heterocycles. The van der Waals surface area contributed by atoms with Gasteiger partial charge in [-0.2, -0.15) is 0 Å². The Bertz CT molecular complexity index is 929. The molecule has 1 fully saturated rings. The van der Waals surface area contributed by atoms with E-state index in [0.717, 1.165) is 37.3 Å². The van der Waals surface area contributed by atoms with Crippen LogP contribution in [-0.4, -0.2) is 31.1 Å². The lowest BCUT2D eigenvalue weighted by atomic mass is 9.97. The molecule has 6 nitrogen and oxygen atoms in total. The highest BCUT2D eigenvalue weighted by Crippen LogP contribution is 2.29. The van der Waals surface area contributed by atoms with E-state index in [9.17, 15) is 9.59 Å². The lowest BCUT2D eigenvalue weighted by Crippen LogP contribution is -2.36. The predicted molar refractivity (Wildman–Crippen MR) is 133 cm³/mol. The molecule has 1 aliphatic rings. The quantitative estimate of drug-likeness (QED) is 0.533. The van der Waals surface area contributed by atoms with E-state index in [0.29, 0.717) is 23.1 Å². The Hall–Kier alpha value is -3.02. The van der Waals surface area contributed by atoms with Crippen molar-refractivity contribution in [2.24, 2.45) is 5.92 Å². The van der Waals surface area contributed by atoms with Gasteiger partial charge in [0.05, 0.1) is 5.56 Å². The Morgan fingerprint density at radius 3 is 2.09 bits per heavy atom. The molecular weight excluding hydrogens is 400 g/mol. The molecule has 1 aliphatic heterocycles. The maximum absolute atomic E-state index is 12.9. The molecule has 0 bridgehead atoms. The number of urea groups is 1. The van der Waals surface area contributed by atoms with Crippen LogP contribution in [0.2, 0.25) is 0 Å². The third kappa shape index (κ3) is 6.25. The summed E-state index contributed by atoms with van der Waals surface area (Å²) in [5.41, 5.74) is 4.05. The Kier molecular flexibility index (Phi) is 7.78. The highest BCUT2D eigenvalue weighted by molar-refractivity contribution is 6.04. The second-order valence-corrected chi connectivity index (χ2v) is 9.39. The second kappa shape index (κ2) is 10.5. The first-order valence-corrected chi connectivity index (χ1v) is 11.6. The first kappa shape index (κ1) is 23.6. The number of piperidine rings is 1. The topological polar surface area (TPSA) is 73.5 Å². The summed E-state index contributed by atoms with van der Waals surface area (Å²) in [4.78, 5) is 27.8. The second-order valence-electron chi connectivity index (χ2n) is 9.39. The van der Waals surface area contributed by atoms with E-state index in [1.807, 2.05) is 50.2 Å². The highest BCUT2D eigenvalue weighted by atomic mass is 16.2. The smallest absolute Gasteiger partial charge is 0.323 e. The van der Waals surface area contributed by atoms with Crippen molar-refractivity contribution in [2.45, 2.75) is 59.4 Å². The number of anilines is 3. The van der Waals surface area contributed by atoms with E-state index in [2.05, 4.69) is 41.6 Å². The number of carbonyl (C=O) groups excluding carboxylic acids is 2. The number of amides is 3. The Balaban J connectivity index is 1.75. The van der Waals surface area contributed by atoms with Crippen molar-refractivity contribution in [1.29, 1.82) is 0 Å². The van der Waals surface area contributed by atoms with Gasteiger partial charge in [-0.1, -0.05) is 32.9 Å². The molecule has 32 heavy (non-hydrogen) atoms. The summed E-state index contributed by atoms with van der Waals surface area (Å²) in [7, 11) is 0. The van der Waals surface area contributed by atoms with Gasteiger partial charge < -0.3 is 20.9 Å². The minimum atomic E-state index is -0.336. The monoisotopic (exact) mass is 436 g/mol. The van der Waals surface area contributed by atoms with Crippen LogP contribution in [0.1, 0.15) is 69.3 Å². The number of nitrogens with zero attached hydrogens (tertiary/aromatic N) is 1. The lowest BCUT2D eigenvalue weighted by molar-refractivity contribution is 0.0943. The summed E-state index contributed by atoms with van der Waals surface area (Å²) >= 11 is 0. The molecule has 0 saturated carbocycles. The highest BCUT2D eigenvalue weighted by Gasteiger charge is 2.22. The van der Waals surface area contributed by atoms with Crippen LogP contribution in [0.3, 0.4) is 0 Å². The van der Waals surface area contributed by atoms with Crippen LogP contribution in [-0.2, 0) is 0 Å². The molecule has 0 spiro atoms.